The van der Waals surface area contributed by atoms with E-state index in [1.54, 1.807) is 18.0 Å². The minimum absolute atomic E-state index is 0.507. The van der Waals surface area contributed by atoms with E-state index in [0.29, 0.717) is 11.4 Å². The van der Waals surface area contributed by atoms with Crippen molar-refractivity contribution in [2.45, 2.75) is 20.3 Å². The van der Waals surface area contributed by atoms with Crippen molar-refractivity contribution >= 4 is 11.2 Å². The van der Waals surface area contributed by atoms with Crippen LogP contribution in [0.25, 0.3) is 16.9 Å². The molecule has 108 valence electrons. The summed E-state index contributed by atoms with van der Waals surface area (Å²) in [5, 5.41) is 8.28. The summed E-state index contributed by atoms with van der Waals surface area (Å²) in [5.41, 5.74) is 2.32. The molecular weight excluding hydrogens is 266 g/mol. The van der Waals surface area contributed by atoms with Crippen LogP contribution >= 0.6 is 0 Å². The number of hydrogen-bond acceptors (Lipinski definition) is 5. The standard InChI is InChI=1S/C15H17N5O/c1-10(2)8-14-16-9-13-15(17-14)20(19-18-13)11-4-6-12(21-3)7-5-11/h4-7,9-10H,8H2,1-3H3. The molecule has 0 atom stereocenters. The van der Waals surface area contributed by atoms with Crippen molar-refractivity contribution < 1.29 is 4.74 Å². The molecule has 0 saturated carbocycles. The number of rotatable bonds is 4. The van der Waals surface area contributed by atoms with Crippen LogP contribution in [0.1, 0.15) is 19.7 Å². The molecule has 0 amide bonds. The first-order chi connectivity index (χ1) is 10.2. The predicted molar refractivity (Wildman–Crippen MR) is 79.5 cm³/mol. The molecular formula is C15H17N5O. The number of methoxy groups -OCH3 is 1. The molecule has 2 heterocycles. The topological polar surface area (TPSA) is 65.7 Å². The molecule has 0 spiro atoms. The van der Waals surface area contributed by atoms with Gasteiger partial charge in [0.2, 0.25) is 0 Å². The van der Waals surface area contributed by atoms with E-state index in [9.17, 15) is 0 Å². The second kappa shape index (κ2) is 5.47. The fraction of sp³-hybridized carbons (Fsp3) is 0.333. The van der Waals surface area contributed by atoms with Crippen LogP contribution in [-0.4, -0.2) is 32.1 Å². The molecule has 0 bridgehead atoms. The van der Waals surface area contributed by atoms with Gasteiger partial charge in [0.05, 0.1) is 19.0 Å². The number of hydrogen-bond donors (Lipinski definition) is 0. The number of ether oxygens (including phenoxy) is 1. The second-order valence-electron chi connectivity index (χ2n) is 5.29. The van der Waals surface area contributed by atoms with E-state index in [0.717, 1.165) is 29.3 Å². The van der Waals surface area contributed by atoms with Crippen LogP contribution in [0.4, 0.5) is 0 Å². The number of nitrogens with zero attached hydrogens (tertiary/aromatic N) is 5. The zero-order valence-corrected chi connectivity index (χ0v) is 12.3. The largest absolute Gasteiger partial charge is 0.497 e. The third-order valence-electron chi connectivity index (χ3n) is 3.15. The maximum Gasteiger partial charge on any atom is 0.187 e. The van der Waals surface area contributed by atoms with Crippen molar-refractivity contribution in [3.63, 3.8) is 0 Å². The van der Waals surface area contributed by atoms with Gasteiger partial charge in [0, 0.05) is 6.42 Å². The molecule has 0 unspecified atom stereocenters. The first-order valence-corrected chi connectivity index (χ1v) is 6.89. The van der Waals surface area contributed by atoms with Crippen molar-refractivity contribution in [1.29, 1.82) is 0 Å². The summed E-state index contributed by atoms with van der Waals surface area (Å²) in [6.45, 7) is 4.29. The Morgan fingerprint density at radius 1 is 1.19 bits per heavy atom. The first kappa shape index (κ1) is 13.5. The van der Waals surface area contributed by atoms with Gasteiger partial charge in [-0.1, -0.05) is 19.1 Å². The summed E-state index contributed by atoms with van der Waals surface area (Å²) in [4.78, 5) is 8.92. The fourth-order valence-corrected chi connectivity index (χ4v) is 2.12. The van der Waals surface area contributed by atoms with E-state index >= 15 is 0 Å². The molecule has 21 heavy (non-hydrogen) atoms. The van der Waals surface area contributed by atoms with Gasteiger partial charge in [0.25, 0.3) is 0 Å². The highest BCUT2D eigenvalue weighted by atomic mass is 16.5. The Labute approximate surface area is 122 Å². The molecule has 0 N–H and O–H groups in total. The SMILES string of the molecule is COc1ccc(-n2nnc3cnc(CC(C)C)nc32)cc1. The van der Waals surface area contributed by atoms with Crippen LogP contribution in [0.2, 0.25) is 0 Å². The van der Waals surface area contributed by atoms with Crippen molar-refractivity contribution in [1.82, 2.24) is 25.0 Å². The Morgan fingerprint density at radius 2 is 1.95 bits per heavy atom. The summed E-state index contributed by atoms with van der Waals surface area (Å²) in [6.07, 6.45) is 2.57. The molecule has 0 radical (unpaired) electrons. The average Bonchev–Trinajstić information content (AvgIpc) is 2.90. The highest BCUT2D eigenvalue weighted by Crippen LogP contribution is 2.18. The summed E-state index contributed by atoms with van der Waals surface area (Å²) >= 11 is 0. The second-order valence-corrected chi connectivity index (χ2v) is 5.29. The van der Waals surface area contributed by atoms with Crippen LogP contribution in [0.15, 0.2) is 30.5 Å². The lowest BCUT2D eigenvalue weighted by atomic mass is 10.1. The molecule has 0 saturated heterocycles. The monoisotopic (exact) mass is 283 g/mol. The lowest BCUT2D eigenvalue weighted by molar-refractivity contribution is 0.414. The first-order valence-electron chi connectivity index (χ1n) is 6.89. The van der Waals surface area contributed by atoms with Crippen LogP contribution in [0, 0.1) is 5.92 Å². The smallest absolute Gasteiger partial charge is 0.187 e. The van der Waals surface area contributed by atoms with Gasteiger partial charge in [0.15, 0.2) is 11.2 Å². The van der Waals surface area contributed by atoms with E-state index < -0.39 is 0 Å². The van der Waals surface area contributed by atoms with E-state index in [2.05, 4.69) is 34.1 Å². The molecule has 3 aromatic rings. The Bertz CT molecular complexity index is 748. The van der Waals surface area contributed by atoms with Gasteiger partial charge < -0.3 is 4.74 Å². The molecule has 6 heteroatoms. The molecule has 1 aromatic carbocycles. The van der Waals surface area contributed by atoms with Crippen molar-refractivity contribution in [2.24, 2.45) is 5.92 Å². The van der Waals surface area contributed by atoms with Crippen LogP contribution in [-0.2, 0) is 6.42 Å². The van der Waals surface area contributed by atoms with Gasteiger partial charge in [-0.05, 0) is 30.2 Å². The normalized spacial score (nSPS) is 11.2. The Kier molecular flexibility index (Phi) is 3.51. The summed E-state index contributed by atoms with van der Waals surface area (Å²) in [7, 11) is 1.64. The van der Waals surface area contributed by atoms with Gasteiger partial charge in [-0.3, -0.25) is 0 Å². The molecule has 0 fully saturated rings. The predicted octanol–water partition coefficient (Wildman–Crippen LogP) is 2.42. The zero-order valence-electron chi connectivity index (χ0n) is 12.3. The van der Waals surface area contributed by atoms with Crippen LogP contribution in [0.3, 0.4) is 0 Å². The van der Waals surface area contributed by atoms with Gasteiger partial charge in [-0.15, -0.1) is 5.10 Å². The minimum Gasteiger partial charge on any atom is -0.497 e. The zero-order chi connectivity index (χ0) is 14.8. The lowest BCUT2D eigenvalue weighted by Gasteiger charge is -2.05. The molecule has 3 rings (SSSR count). The molecule has 0 aliphatic rings. The highest BCUT2D eigenvalue weighted by Gasteiger charge is 2.11. The number of aromatic nitrogens is 5. The van der Waals surface area contributed by atoms with Crippen LogP contribution < -0.4 is 4.74 Å². The number of benzene rings is 1. The molecule has 0 aliphatic heterocycles. The minimum atomic E-state index is 0.507. The van der Waals surface area contributed by atoms with Crippen molar-refractivity contribution in [2.75, 3.05) is 7.11 Å². The van der Waals surface area contributed by atoms with E-state index in [-0.39, 0.29) is 0 Å². The van der Waals surface area contributed by atoms with Crippen molar-refractivity contribution in [3.05, 3.63) is 36.3 Å². The van der Waals surface area contributed by atoms with E-state index in [1.165, 1.54) is 0 Å². The van der Waals surface area contributed by atoms with Gasteiger partial charge >= 0.3 is 0 Å². The van der Waals surface area contributed by atoms with Crippen LogP contribution in [0.5, 0.6) is 5.75 Å². The third-order valence-corrected chi connectivity index (χ3v) is 3.15. The molecule has 0 aliphatic carbocycles. The van der Waals surface area contributed by atoms with Gasteiger partial charge in [-0.25, -0.2) is 9.97 Å². The number of fused-ring (bicyclic) bond motifs is 1. The maximum absolute atomic E-state index is 5.17. The van der Waals surface area contributed by atoms with E-state index in [1.807, 2.05) is 24.3 Å². The summed E-state index contributed by atoms with van der Waals surface area (Å²) < 4.78 is 6.89. The quantitative estimate of drug-likeness (QED) is 0.735. The van der Waals surface area contributed by atoms with Crippen molar-refractivity contribution in [3.8, 4) is 11.4 Å². The fourth-order valence-electron chi connectivity index (χ4n) is 2.12. The van der Waals surface area contributed by atoms with Gasteiger partial charge in [-0.2, -0.15) is 4.68 Å². The third kappa shape index (κ3) is 2.69. The Hall–Kier alpha value is -2.50. The van der Waals surface area contributed by atoms with Gasteiger partial charge in [0.1, 0.15) is 11.6 Å². The summed E-state index contributed by atoms with van der Waals surface area (Å²) in [5.74, 6) is 2.13. The Balaban J connectivity index is 2.04. The Morgan fingerprint density at radius 3 is 2.62 bits per heavy atom. The molecule has 2 aromatic heterocycles. The maximum atomic E-state index is 5.17. The average molecular weight is 283 g/mol. The summed E-state index contributed by atoms with van der Waals surface area (Å²) in [6, 6.07) is 7.63. The lowest BCUT2D eigenvalue weighted by Crippen LogP contribution is -2.03. The molecule has 6 nitrogen and oxygen atoms in total. The van der Waals surface area contributed by atoms with E-state index in [4.69, 9.17) is 4.74 Å². The highest BCUT2D eigenvalue weighted by molar-refractivity contribution is 5.70.